The van der Waals surface area contributed by atoms with Crippen LogP contribution in [-0.2, 0) is 6.61 Å². The van der Waals surface area contributed by atoms with Crippen molar-refractivity contribution < 1.29 is 4.74 Å². The molecule has 0 aliphatic heterocycles. The highest BCUT2D eigenvalue weighted by Gasteiger charge is 2.08. The number of benzene rings is 2. The van der Waals surface area contributed by atoms with Crippen molar-refractivity contribution in [2.75, 3.05) is 0 Å². The van der Waals surface area contributed by atoms with E-state index in [1.165, 1.54) is 4.68 Å². The van der Waals surface area contributed by atoms with Crippen molar-refractivity contribution in [3.63, 3.8) is 0 Å². The van der Waals surface area contributed by atoms with Crippen LogP contribution in [0.2, 0.25) is 10.0 Å². The second-order valence-corrected chi connectivity index (χ2v) is 6.01. The highest BCUT2D eigenvalue weighted by atomic mass is 35.5. The van der Waals surface area contributed by atoms with Gasteiger partial charge >= 0.3 is 0 Å². The summed E-state index contributed by atoms with van der Waals surface area (Å²) in [5.41, 5.74) is 0.952. The number of nitrogens with zero attached hydrogens (tertiary/aromatic N) is 3. The van der Waals surface area contributed by atoms with Crippen LogP contribution in [0, 0.1) is 4.77 Å². The number of nitrogens with one attached hydrogen (secondary N) is 1. The molecule has 1 N–H and O–H groups in total. The zero-order valence-electron chi connectivity index (χ0n) is 12.3. The molecule has 0 bridgehead atoms. The van der Waals surface area contributed by atoms with Crippen molar-refractivity contribution in [1.82, 2.24) is 14.9 Å². The molecule has 2 aromatic carbocycles. The van der Waals surface area contributed by atoms with Crippen LogP contribution in [0.1, 0.15) is 11.4 Å². The van der Waals surface area contributed by atoms with Gasteiger partial charge in [0.2, 0.25) is 4.77 Å². The molecule has 0 spiro atoms. The van der Waals surface area contributed by atoms with Gasteiger partial charge in [-0.25, -0.2) is 5.10 Å². The summed E-state index contributed by atoms with van der Waals surface area (Å²) >= 11 is 17.1. The standard InChI is InChI=1S/C16H12Cl2N4OS/c17-12-6-7-14(13(18)8-12)23-10-15-20-21-16(24)22(15)19-9-11-4-2-1-3-5-11/h1-9H,10H2,(H,21,24)/b19-9+. The minimum absolute atomic E-state index is 0.153. The molecule has 122 valence electrons. The van der Waals surface area contributed by atoms with Crippen molar-refractivity contribution in [2.24, 2.45) is 5.10 Å². The van der Waals surface area contributed by atoms with Crippen molar-refractivity contribution >= 4 is 41.6 Å². The molecule has 3 aromatic rings. The summed E-state index contributed by atoms with van der Waals surface area (Å²) in [5.74, 6) is 1.03. The summed E-state index contributed by atoms with van der Waals surface area (Å²) < 4.78 is 7.55. The maximum Gasteiger partial charge on any atom is 0.216 e. The Morgan fingerprint density at radius 1 is 1.21 bits per heavy atom. The van der Waals surface area contributed by atoms with Crippen LogP contribution in [0.4, 0.5) is 0 Å². The summed E-state index contributed by atoms with van der Waals surface area (Å²) in [7, 11) is 0. The Balaban J connectivity index is 1.77. The zero-order valence-corrected chi connectivity index (χ0v) is 14.6. The van der Waals surface area contributed by atoms with Crippen LogP contribution >= 0.6 is 35.4 Å². The Labute approximate surface area is 153 Å². The molecule has 0 radical (unpaired) electrons. The van der Waals surface area contributed by atoms with E-state index < -0.39 is 0 Å². The fraction of sp³-hybridized carbons (Fsp3) is 0.0625. The third-order valence-corrected chi connectivity index (χ3v) is 3.88. The second kappa shape index (κ2) is 7.61. The Morgan fingerprint density at radius 3 is 2.75 bits per heavy atom. The molecule has 0 aliphatic carbocycles. The maximum atomic E-state index is 6.09. The molecule has 3 rings (SSSR count). The predicted octanol–water partition coefficient (Wildman–Crippen LogP) is 4.71. The molecule has 0 saturated heterocycles. The fourth-order valence-electron chi connectivity index (χ4n) is 1.93. The Kier molecular flexibility index (Phi) is 5.30. The van der Waals surface area contributed by atoms with Gasteiger partial charge in [0, 0.05) is 5.02 Å². The average Bonchev–Trinajstić information content (AvgIpc) is 2.93. The lowest BCUT2D eigenvalue weighted by atomic mass is 10.2. The maximum absolute atomic E-state index is 6.09. The van der Waals surface area contributed by atoms with Gasteiger partial charge < -0.3 is 4.74 Å². The molecule has 24 heavy (non-hydrogen) atoms. The van der Waals surface area contributed by atoms with Crippen LogP contribution in [0.15, 0.2) is 53.6 Å². The quantitative estimate of drug-likeness (QED) is 0.516. The van der Waals surface area contributed by atoms with E-state index in [9.17, 15) is 0 Å². The number of rotatable bonds is 5. The van der Waals surface area contributed by atoms with Crippen molar-refractivity contribution in [1.29, 1.82) is 0 Å². The average molecular weight is 379 g/mol. The van der Waals surface area contributed by atoms with Crippen molar-refractivity contribution in [3.8, 4) is 5.75 Å². The number of ether oxygens (including phenoxy) is 1. The first-order valence-electron chi connectivity index (χ1n) is 6.97. The van der Waals surface area contributed by atoms with Gasteiger partial charge in [-0.3, -0.25) is 0 Å². The molecule has 0 unspecified atom stereocenters. The summed E-state index contributed by atoms with van der Waals surface area (Å²) in [4.78, 5) is 0. The van der Waals surface area contributed by atoms with E-state index in [4.69, 9.17) is 40.2 Å². The van der Waals surface area contributed by atoms with Gasteiger partial charge in [-0.2, -0.15) is 14.9 Å². The third-order valence-electron chi connectivity index (χ3n) is 3.09. The van der Waals surface area contributed by atoms with E-state index in [0.29, 0.717) is 26.4 Å². The molecule has 1 heterocycles. The second-order valence-electron chi connectivity index (χ2n) is 4.78. The third kappa shape index (κ3) is 4.03. The van der Waals surface area contributed by atoms with Gasteiger partial charge in [0.1, 0.15) is 12.4 Å². The lowest BCUT2D eigenvalue weighted by Gasteiger charge is -2.07. The molecular formula is C16H12Cl2N4OS. The summed E-state index contributed by atoms with van der Waals surface area (Å²) in [5, 5.41) is 12.1. The number of aromatic amines is 1. The molecular weight excluding hydrogens is 367 g/mol. The van der Waals surface area contributed by atoms with Gasteiger partial charge in [0.15, 0.2) is 5.82 Å². The highest BCUT2D eigenvalue weighted by Crippen LogP contribution is 2.28. The van der Waals surface area contributed by atoms with Gasteiger partial charge in [0.05, 0.1) is 11.2 Å². The summed E-state index contributed by atoms with van der Waals surface area (Å²) in [6.07, 6.45) is 1.70. The number of halogens is 2. The first kappa shape index (κ1) is 16.7. The van der Waals surface area contributed by atoms with Gasteiger partial charge in [-0.15, -0.1) is 0 Å². The first-order chi connectivity index (χ1) is 11.6. The smallest absolute Gasteiger partial charge is 0.216 e. The Hall–Kier alpha value is -2.15. The molecule has 0 saturated carbocycles. The Bertz CT molecular complexity index is 921. The molecule has 0 atom stereocenters. The predicted molar refractivity (Wildman–Crippen MR) is 97.6 cm³/mol. The molecule has 0 fully saturated rings. The summed E-state index contributed by atoms with van der Waals surface area (Å²) in [6, 6.07) is 14.7. The SMILES string of the molecule is S=c1[nH]nc(COc2ccc(Cl)cc2Cl)n1/N=C/c1ccccc1. The fourth-order valence-corrected chi connectivity index (χ4v) is 2.60. The van der Waals surface area contributed by atoms with Crippen LogP contribution in [-0.4, -0.2) is 21.1 Å². The lowest BCUT2D eigenvalue weighted by Crippen LogP contribution is -2.04. The molecule has 1 aromatic heterocycles. The number of aromatic nitrogens is 3. The van der Waals surface area contributed by atoms with Crippen LogP contribution < -0.4 is 4.74 Å². The van der Waals surface area contributed by atoms with Gasteiger partial charge in [-0.1, -0.05) is 53.5 Å². The van der Waals surface area contributed by atoms with Gasteiger partial charge in [0.25, 0.3) is 0 Å². The van der Waals surface area contributed by atoms with Crippen LogP contribution in [0.3, 0.4) is 0 Å². The van der Waals surface area contributed by atoms with E-state index in [-0.39, 0.29) is 6.61 Å². The van der Waals surface area contributed by atoms with Crippen molar-refractivity contribution in [3.05, 3.63) is 74.7 Å². The molecule has 0 amide bonds. The number of hydrogen-bond acceptors (Lipinski definition) is 4. The van der Waals surface area contributed by atoms with E-state index in [1.54, 1.807) is 24.4 Å². The number of H-pyrrole nitrogens is 1. The van der Waals surface area contributed by atoms with Crippen molar-refractivity contribution in [2.45, 2.75) is 6.61 Å². The van der Waals surface area contributed by atoms with Crippen LogP contribution in [0.5, 0.6) is 5.75 Å². The minimum atomic E-state index is 0.153. The van der Waals surface area contributed by atoms with E-state index >= 15 is 0 Å². The van der Waals surface area contributed by atoms with E-state index in [1.807, 2.05) is 30.3 Å². The lowest BCUT2D eigenvalue weighted by molar-refractivity contribution is 0.291. The normalized spacial score (nSPS) is 11.1. The topological polar surface area (TPSA) is 55.2 Å². The minimum Gasteiger partial charge on any atom is -0.484 e. The van der Waals surface area contributed by atoms with E-state index in [0.717, 1.165) is 5.56 Å². The summed E-state index contributed by atoms with van der Waals surface area (Å²) in [6.45, 7) is 0.153. The number of hydrogen-bond donors (Lipinski definition) is 1. The largest absolute Gasteiger partial charge is 0.484 e. The molecule has 0 aliphatic rings. The van der Waals surface area contributed by atoms with Crippen LogP contribution in [0.25, 0.3) is 0 Å². The van der Waals surface area contributed by atoms with E-state index in [2.05, 4.69) is 15.3 Å². The zero-order chi connectivity index (χ0) is 16.9. The molecule has 8 heteroatoms. The Morgan fingerprint density at radius 2 is 2.00 bits per heavy atom. The highest BCUT2D eigenvalue weighted by molar-refractivity contribution is 7.71. The van der Waals surface area contributed by atoms with Gasteiger partial charge in [-0.05, 0) is 36.0 Å². The first-order valence-corrected chi connectivity index (χ1v) is 8.13. The molecule has 5 nitrogen and oxygen atoms in total. The monoisotopic (exact) mass is 378 g/mol.